The highest BCUT2D eigenvalue weighted by Crippen LogP contribution is 2.18. The number of likely N-dealkylation sites (N-methyl/N-ethyl adjacent to an activating group) is 1. The van der Waals surface area contributed by atoms with Gasteiger partial charge in [0.25, 0.3) is 0 Å². The topological polar surface area (TPSA) is 32.3 Å². The molecule has 0 fully saturated rings. The normalized spacial score (nSPS) is 12.4. The van der Waals surface area contributed by atoms with Crippen LogP contribution < -0.4 is 5.32 Å². The average Bonchev–Trinajstić information content (AvgIpc) is 2.99. The fraction of sp³-hybridized carbons (Fsp3) is 0.312. The molecule has 0 radical (unpaired) electrons. The second-order valence-electron chi connectivity index (χ2n) is 4.98. The highest BCUT2D eigenvalue weighted by Gasteiger charge is 2.18. The van der Waals surface area contributed by atoms with Crippen LogP contribution >= 0.6 is 27.3 Å². The predicted molar refractivity (Wildman–Crippen MR) is 91.2 cm³/mol. The highest BCUT2D eigenvalue weighted by atomic mass is 79.9. The van der Waals surface area contributed by atoms with Gasteiger partial charge in [0.1, 0.15) is 0 Å². The number of benzene rings is 1. The van der Waals surface area contributed by atoms with Crippen molar-refractivity contribution in [3.8, 4) is 0 Å². The van der Waals surface area contributed by atoms with E-state index >= 15 is 0 Å². The molecular weight excluding hydrogens is 348 g/mol. The summed E-state index contributed by atoms with van der Waals surface area (Å²) in [5.41, 5.74) is 1.18. The molecule has 0 aliphatic carbocycles. The first-order valence-electron chi connectivity index (χ1n) is 6.81. The second kappa shape index (κ2) is 7.73. The van der Waals surface area contributed by atoms with Gasteiger partial charge in [-0.3, -0.25) is 9.69 Å². The molecule has 0 unspecified atom stereocenters. The quantitative estimate of drug-likeness (QED) is 0.845. The number of hydrogen-bond acceptors (Lipinski definition) is 3. The number of nitrogens with one attached hydrogen (secondary N) is 1. The van der Waals surface area contributed by atoms with E-state index in [-0.39, 0.29) is 11.9 Å². The van der Waals surface area contributed by atoms with Crippen LogP contribution in [0, 0.1) is 0 Å². The molecule has 21 heavy (non-hydrogen) atoms. The summed E-state index contributed by atoms with van der Waals surface area (Å²) in [6.07, 6.45) is 0. The van der Waals surface area contributed by atoms with Crippen LogP contribution in [0.25, 0.3) is 0 Å². The Kier molecular flexibility index (Phi) is 5.96. The van der Waals surface area contributed by atoms with Crippen LogP contribution in [-0.2, 0) is 17.9 Å². The molecule has 1 amide bonds. The fourth-order valence-corrected chi connectivity index (χ4v) is 3.02. The largest absolute Gasteiger partial charge is 0.350 e. The molecule has 0 saturated carbocycles. The lowest BCUT2D eigenvalue weighted by Gasteiger charge is -2.24. The van der Waals surface area contributed by atoms with E-state index in [9.17, 15) is 4.79 Å². The van der Waals surface area contributed by atoms with E-state index in [4.69, 9.17) is 0 Å². The van der Waals surface area contributed by atoms with Crippen molar-refractivity contribution in [2.24, 2.45) is 0 Å². The number of thiophene rings is 1. The third kappa shape index (κ3) is 4.66. The maximum Gasteiger partial charge on any atom is 0.237 e. The molecule has 3 nitrogen and oxygen atoms in total. The first kappa shape index (κ1) is 16.2. The van der Waals surface area contributed by atoms with Crippen LogP contribution in [0.5, 0.6) is 0 Å². The van der Waals surface area contributed by atoms with Crippen LogP contribution in [0.2, 0.25) is 0 Å². The monoisotopic (exact) mass is 366 g/mol. The molecule has 2 rings (SSSR count). The minimum atomic E-state index is -0.169. The molecule has 5 heteroatoms. The summed E-state index contributed by atoms with van der Waals surface area (Å²) >= 11 is 5.20. The van der Waals surface area contributed by atoms with E-state index in [1.165, 1.54) is 10.4 Å². The van der Waals surface area contributed by atoms with Crippen molar-refractivity contribution in [3.05, 3.63) is 56.7 Å². The molecule has 0 aliphatic rings. The summed E-state index contributed by atoms with van der Waals surface area (Å²) in [7, 11) is 1.97. The van der Waals surface area contributed by atoms with Crippen molar-refractivity contribution in [2.75, 3.05) is 7.05 Å². The van der Waals surface area contributed by atoms with Gasteiger partial charge in [0, 0.05) is 15.9 Å². The summed E-state index contributed by atoms with van der Waals surface area (Å²) in [6.45, 7) is 3.26. The predicted octanol–water partition coefficient (Wildman–Crippen LogP) is 3.65. The summed E-state index contributed by atoms with van der Waals surface area (Å²) in [4.78, 5) is 15.4. The Morgan fingerprint density at radius 1 is 1.33 bits per heavy atom. The van der Waals surface area contributed by atoms with Gasteiger partial charge in [-0.1, -0.05) is 40.2 Å². The molecule has 1 aromatic heterocycles. The van der Waals surface area contributed by atoms with Crippen molar-refractivity contribution in [3.63, 3.8) is 0 Å². The Morgan fingerprint density at radius 3 is 2.76 bits per heavy atom. The van der Waals surface area contributed by atoms with Gasteiger partial charge in [0.15, 0.2) is 0 Å². The maximum absolute atomic E-state index is 12.2. The molecule has 0 spiro atoms. The SMILES string of the molecule is C[C@H](C(=O)NCc1cccs1)N(C)Cc1ccccc1Br. The van der Waals surface area contributed by atoms with E-state index in [1.807, 2.05) is 54.6 Å². The lowest BCUT2D eigenvalue weighted by molar-refractivity contribution is -0.125. The molecule has 0 aliphatic heterocycles. The molecule has 1 heterocycles. The van der Waals surface area contributed by atoms with Crippen LogP contribution in [0.3, 0.4) is 0 Å². The van der Waals surface area contributed by atoms with Gasteiger partial charge in [-0.15, -0.1) is 11.3 Å². The Balaban J connectivity index is 1.88. The average molecular weight is 367 g/mol. The van der Waals surface area contributed by atoms with Gasteiger partial charge in [-0.25, -0.2) is 0 Å². The Labute approximate surface area is 138 Å². The first-order chi connectivity index (χ1) is 10.1. The summed E-state index contributed by atoms with van der Waals surface area (Å²) < 4.78 is 1.07. The number of carbonyl (C=O) groups excluding carboxylic acids is 1. The Morgan fingerprint density at radius 2 is 2.10 bits per heavy atom. The van der Waals surface area contributed by atoms with Crippen molar-refractivity contribution in [1.29, 1.82) is 0 Å². The Hall–Kier alpha value is -1.17. The summed E-state index contributed by atoms with van der Waals surface area (Å²) in [5.74, 6) is 0.0537. The van der Waals surface area contributed by atoms with Crippen LogP contribution in [0.1, 0.15) is 17.4 Å². The van der Waals surface area contributed by atoms with Crippen molar-refractivity contribution in [2.45, 2.75) is 26.1 Å². The van der Waals surface area contributed by atoms with Gasteiger partial charge in [-0.05, 0) is 37.0 Å². The van der Waals surface area contributed by atoms with Gasteiger partial charge in [-0.2, -0.15) is 0 Å². The molecular formula is C16H19BrN2OS. The van der Waals surface area contributed by atoms with Crippen LogP contribution in [-0.4, -0.2) is 23.9 Å². The van der Waals surface area contributed by atoms with Crippen molar-refractivity contribution < 1.29 is 4.79 Å². The van der Waals surface area contributed by atoms with Crippen LogP contribution in [0.15, 0.2) is 46.3 Å². The Bertz CT molecular complexity index is 586. The zero-order valence-electron chi connectivity index (χ0n) is 12.2. The zero-order chi connectivity index (χ0) is 15.2. The zero-order valence-corrected chi connectivity index (χ0v) is 14.6. The molecule has 0 saturated heterocycles. The molecule has 1 N–H and O–H groups in total. The molecule has 1 aromatic carbocycles. The molecule has 0 bridgehead atoms. The number of amides is 1. The third-order valence-electron chi connectivity index (χ3n) is 3.44. The number of carbonyl (C=O) groups is 1. The lowest BCUT2D eigenvalue weighted by atomic mass is 10.2. The first-order valence-corrected chi connectivity index (χ1v) is 8.49. The summed E-state index contributed by atoms with van der Waals surface area (Å²) in [5, 5.41) is 5.00. The van der Waals surface area contributed by atoms with Gasteiger partial charge >= 0.3 is 0 Å². The fourth-order valence-electron chi connectivity index (χ4n) is 1.97. The number of hydrogen-bond donors (Lipinski definition) is 1. The van der Waals surface area contributed by atoms with E-state index in [0.29, 0.717) is 6.54 Å². The summed E-state index contributed by atoms with van der Waals surface area (Å²) in [6, 6.07) is 11.9. The van der Waals surface area contributed by atoms with E-state index in [0.717, 1.165) is 11.0 Å². The smallest absolute Gasteiger partial charge is 0.237 e. The van der Waals surface area contributed by atoms with Crippen molar-refractivity contribution >= 4 is 33.2 Å². The van der Waals surface area contributed by atoms with Gasteiger partial charge < -0.3 is 5.32 Å². The standard InChI is InChI=1S/C16H19BrN2OS/c1-12(16(20)18-10-14-7-5-9-21-14)19(2)11-13-6-3-4-8-15(13)17/h3-9,12H,10-11H2,1-2H3,(H,18,20)/t12-/m1/s1. The minimum Gasteiger partial charge on any atom is -0.350 e. The number of nitrogens with zero attached hydrogens (tertiary/aromatic N) is 1. The third-order valence-corrected chi connectivity index (χ3v) is 5.09. The van der Waals surface area contributed by atoms with E-state index in [2.05, 4.69) is 27.3 Å². The second-order valence-corrected chi connectivity index (χ2v) is 6.87. The maximum atomic E-state index is 12.2. The van der Waals surface area contributed by atoms with Gasteiger partial charge in [0.05, 0.1) is 12.6 Å². The molecule has 1 atom stereocenters. The number of halogens is 1. The molecule has 2 aromatic rings. The van der Waals surface area contributed by atoms with Crippen LogP contribution in [0.4, 0.5) is 0 Å². The number of rotatable bonds is 6. The molecule has 112 valence electrons. The van der Waals surface area contributed by atoms with Gasteiger partial charge in [0.2, 0.25) is 5.91 Å². The van der Waals surface area contributed by atoms with Crippen molar-refractivity contribution in [1.82, 2.24) is 10.2 Å². The highest BCUT2D eigenvalue weighted by molar-refractivity contribution is 9.10. The minimum absolute atomic E-state index is 0.0537. The lowest BCUT2D eigenvalue weighted by Crippen LogP contribution is -2.42. The van der Waals surface area contributed by atoms with E-state index in [1.54, 1.807) is 11.3 Å². The van der Waals surface area contributed by atoms with E-state index < -0.39 is 0 Å².